The minimum atomic E-state index is -1.25. The number of imide groups is 1. The number of rotatable bonds is 15. The molecule has 0 unspecified atom stereocenters. The van der Waals surface area contributed by atoms with Crippen LogP contribution in [0.25, 0.3) is 0 Å². The van der Waals surface area contributed by atoms with Gasteiger partial charge in [-0.25, -0.2) is 9.59 Å². The highest BCUT2D eigenvalue weighted by atomic mass is 16.7. The predicted octanol–water partition coefficient (Wildman–Crippen LogP) is 6.59. The van der Waals surface area contributed by atoms with Crippen molar-refractivity contribution in [3.8, 4) is 11.5 Å². The molecule has 6 rings (SSSR count). The number of hydrogen-bond donors (Lipinski definition) is 1. The van der Waals surface area contributed by atoms with Crippen molar-refractivity contribution in [2.75, 3.05) is 13.2 Å². The van der Waals surface area contributed by atoms with Crippen molar-refractivity contribution in [2.24, 2.45) is 5.92 Å². The molecule has 0 aromatic heterocycles. The van der Waals surface area contributed by atoms with Gasteiger partial charge in [0.15, 0.2) is 6.29 Å². The van der Waals surface area contributed by atoms with Crippen LogP contribution in [0.3, 0.4) is 0 Å². The Morgan fingerprint density at radius 2 is 1.32 bits per heavy atom. The van der Waals surface area contributed by atoms with Gasteiger partial charge in [-0.1, -0.05) is 73.7 Å². The molecule has 0 radical (unpaired) electrons. The number of esters is 2. The molecule has 3 amide bonds. The van der Waals surface area contributed by atoms with E-state index in [9.17, 15) is 24.0 Å². The monoisotopic (exact) mass is 776 g/mol. The molecule has 4 aromatic rings. The summed E-state index contributed by atoms with van der Waals surface area (Å²) < 4.78 is 28.9. The van der Waals surface area contributed by atoms with Gasteiger partial charge in [-0.05, 0) is 80.3 Å². The molecule has 0 spiro atoms. The maximum atomic E-state index is 13.7. The number of benzene rings is 4. The largest absolute Gasteiger partial charge is 0.459 e. The second kappa shape index (κ2) is 18.4. The lowest BCUT2D eigenvalue weighted by atomic mass is 10.0. The molecule has 12 heteroatoms. The first kappa shape index (κ1) is 40.8. The first-order valence-corrected chi connectivity index (χ1v) is 19.1. The van der Waals surface area contributed by atoms with Crippen LogP contribution in [-0.4, -0.2) is 71.7 Å². The third kappa shape index (κ3) is 10.9. The highest BCUT2D eigenvalue weighted by molar-refractivity contribution is 6.22. The van der Waals surface area contributed by atoms with Crippen molar-refractivity contribution in [3.05, 3.63) is 131 Å². The molecule has 2 aliphatic heterocycles. The fraction of sp³-hybridized carbons (Fsp3) is 0.356. The lowest BCUT2D eigenvalue weighted by Crippen LogP contribution is -2.47. The Hall–Kier alpha value is -5.85. The first-order chi connectivity index (χ1) is 27.3. The van der Waals surface area contributed by atoms with Gasteiger partial charge in [0.05, 0.1) is 24.3 Å². The topological polar surface area (TPSA) is 147 Å². The Balaban J connectivity index is 1.17. The van der Waals surface area contributed by atoms with Gasteiger partial charge in [0.1, 0.15) is 35.8 Å². The van der Waals surface area contributed by atoms with Crippen molar-refractivity contribution in [1.82, 2.24) is 10.2 Å². The number of nitrogens with zero attached hydrogens (tertiary/aromatic N) is 1. The maximum Gasteiger partial charge on any atom is 0.330 e. The van der Waals surface area contributed by atoms with Crippen molar-refractivity contribution >= 4 is 29.7 Å². The Bertz CT molecular complexity index is 2040. The van der Waals surface area contributed by atoms with E-state index in [2.05, 4.69) is 5.32 Å². The molecule has 12 nitrogen and oxygen atoms in total. The molecule has 1 saturated heterocycles. The average molecular weight is 777 g/mol. The molecule has 0 saturated carbocycles. The molecule has 3 atom stereocenters. The van der Waals surface area contributed by atoms with Crippen LogP contribution in [-0.2, 0) is 52.8 Å². The number of hydrogen-bond acceptors (Lipinski definition) is 10. The molecule has 4 aromatic carbocycles. The molecule has 2 heterocycles. The van der Waals surface area contributed by atoms with Crippen LogP contribution in [0.1, 0.15) is 77.9 Å². The summed E-state index contributed by atoms with van der Waals surface area (Å²) in [4.78, 5) is 68.4. The Morgan fingerprint density at radius 1 is 0.754 bits per heavy atom. The van der Waals surface area contributed by atoms with E-state index in [0.29, 0.717) is 42.3 Å². The van der Waals surface area contributed by atoms with E-state index in [1.807, 2.05) is 36.4 Å². The van der Waals surface area contributed by atoms with Gasteiger partial charge in [0.25, 0.3) is 11.8 Å². The van der Waals surface area contributed by atoms with Gasteiger partial charge in [-0.2, -0.15) is 0 Å². The average Bonchev–Trinajstić information content (AvgIpc) is 3.44. The second-order valence-electron chi connectivity index (χ2n) is 15.2. The molecule has 1 fully saturated rings. The van der Waals surface area contributed by atoms with E-state index in [0.717, 1.165) is 16.9 Å². The highest BCUT2D eigenvalue weighted by Gasteiger charge is 2.43. The fourth-order valence-corrected chi connectivity index (χ4v) is 6.61. The van der Waals surface area contributed by atoms with Crippen LogP contribution in [0.4, 0.5) is 0 Å². The van der Waals surface area contributed by atoms with Crippen LogP contribution < -0.4 is 10.1 Å². The van der Waals surface area contributed by atoms with Crippen molar-refractivity contribution in [1.29, 1.82) is 0 Å². The van der Waals surface area contributed by atoms with Gasteiger partial charge in [0, 0.05) is 25.2 Å². The molecule has 0 bridgehead atoms. The first-order valence-electron chi connectivity index (χ1n) is 19.1. The zero-order valence-electron chi connectivity index (χ0n) is 32.6. The van der Waals surface area contributed by atoms with Crippen LogP contribution in [0.15, 0.2) is 103 Å². The number of carbonyl (C=O) groups is 5. The van der Waals surface area contributed by atoms with Gasteiger partial charge in [-0.15, -0.1) is 0 Å². The van der Waals surface area contributed by atoms with E-state index in [1.165, 1.54) is 0 Å². The van der Waals surface area contributed by atoms with Gasteiger partial charge in [-0.3, -0.25) is 19.3 Å². The fourth-order valence-electron chi connectivity index (χ4n) is 6.61. The summed E-state index contributed by atoms with van der Waals surface area (Å²) in [6.45, 7) is 8.18. The van der Waals surface area contributed by atoms with Crippen LogP contribution >= 0.6 is 0 Å². The lowest BCUT2D eigenvalue weighted by molar-refractivity contribution is -0.187. The summed E-state index contributed by atoms with van der Waals surface area (Å²) in [5.41, 5.74) is 1.77. The standard InChI is InChI=1S/C45H48N2O10/c1-29(23-39-53-21-12-22-54-39)40(48)46-37(43(51)57-45(2,3)4)26-31-15-10-17-33(24-31)56-34-18-11-16-32(25-34)27-38(44(52)55-28-30-13-6-5-7-14-30)47-41(49)35-19-8-9-20-36(35)42(47)50/h5-11,13-20,24-25,29,37-39H,12,21-23,26-28H2,1-4H3,(H,46,48)/t29-,37-,38-/m0/s1. The second-order valence-corrected chi connectivity index (χ2v) is 15.2. The molecule has 298 valence electrons. The smallest absolute Gasteiger partial charge is 0.330 e. The third-order valence-electron chi connectivity index (χ3n) is 9.43. The normalized spacial score (nSPS) is 16.0. The van der Waals surface area contributed by atoms with E-state index < -0.39 is 53.6 Å². The zero-order valence-corrected chi connectivity index (χ0v) is 32.6. The predicted molar refractivity (Wildman–Crippen MR) is 209 cm³/mol. The van der Waals surface area contributed by atoms with Gasteiger partial charge in [0.2, 0.25) is 5.91 Å². The summed E-state index contributed by atoms with van der Waals surface area (Å²) in [6.07, 6.45) is 0.785. The number of amides is 3. The highest BCUT2D eigenvalue weighted by Crippen LogP contribution is 2.29. The van der Waals surface area contributed by atoms with E-state index in [-0.39, 0.29) is 36.5 Å². The molecule has 1 N–H and O–H groups in total. The Kier molecular flexibility index (Phi) is 13.2. The minimum Gasteiger partial charge on any atom is -0.459 e. The number of fused-ring (bicyclic) bond motifs is 1. The summed E-state index contributed by atoms with van der Waals surface area (Å²) in [5.74, 6) is -2.34. The summed E-state index contributed by atoms with van der Waals surface area (Å²) in [6, 6.07) is 27.5. The van der Waals surface area contributed by atoms with E-state index >= 15 is 0 Å². The Labute approximate surface area is 332 Å². The van der Waals surface area contributed by atoms with Crippen LogP contribution in [0.2, 0.25) is 0 Å². The third-order valence-corrected chi connectivity index (χ3v) is 9.43. The van der Waals surface area contributed by atoms with Crippen LogP contribution in [0, 0.1) is 5.92 Å². The lowest BCUT2D eigenvalue weighted by Gasteiger charge is -2.27. The zero-order chi connectivity index (χ0) is 40.5. The van der Waals surface area contributed by atoms with Crippen molar-refractivity contribution in [2.45, 2.75) is 84.0 Å². The van der Waals surface area contributed by atoms with Crippen molar-refractivity contribution in [3.63, 3.8) is 0 Å². The quantitative estimate of drug-likeness (QED) is 0.104. The maximum absolute atomic E-state index is 13.7. The van der Waals surface area contributed by atoms with Crippen LogP contribution in [0.5, 0.6) is 11.5 Å². The van der Waals surface area contributed by atoms with Gasteiger partial charge < -0.3 is 29.0 Å². The molecule has 0 aliphatic carbocycles. The SMILES string of the molecule is C[C@@H](CC1OCCCO1)C(=O)N[C@@H](Cc1cccc(Oc2cccc(C[C@@H](C(=O)OCc3ccccc3)N3C(=O)c4ccccc4C3=O)c2)c1)C(=O)OC(C)(C)C. The van der Waals surface area contributed by atoms with E-state index in [4.69, 9.17) is 23.7 Å². The number of nitrogens with one attached hydrogen (secondary N) is 1. The molecule has 2 aliphatic rings. The summed E-state index contributed by atoms with van der Waals surface area (Å²) >= 11 is 0. The van der Waals surface area contributed by atoms with Crippen molar-refractivity contribution < 1.29 is 47.7 Å². The number of ether oxygens (including phenoxy) is 5. The molecular formula is C45H48N2O10. The molecule has 57 heavy (non-hydrogen) atoms. The molecular weight excluding hydrogens is 728 g/mol. The van der Waals surface area contributed by atoms with Gasteiger partial charge >= 0.3 is 11.9 Å². The summed E-state index contributed by atoms with van der Waals surface area (Å²) in [5, 5.41) is 2.88. The Morgan fingerprint density at radius 3 is 1.91 bits per heavy atom. The van der Waals surface area contributed by atoms with E-state index in [1.54, 1.807) is 94.4 Å². The minimum absolute atomic E-state index is 0.0228. The number of carbonyl (C=O) groups excluding carboxylic acids is 5. The summed E-state index contributed by atoms with van der Waals surface area (Å²) in [7, 11) is 0.